The molecule has 0 radical (unpaired) electrons. The second-order valence-corrected chi connectivity index (χ2v) is 7.52. The van der Waals surface area contributed by atoms with E-state index in [0.29, 0.717) is 6.42 Å². The van der Waals surface area contributed by atoms with E-state index in [1.54, 1.807) is 6.92 Å². The molecule has 1 aromatic carbocycles. The maximum absolute atomic E-state index is 14.3. The summed E-state index contributed by atoms with van der Waals surface area (Å²) in [5, 5.41) is 15.9. The van der Waals surface area contributed by atoms with Crippen LogP contribution in [0.1, 0.15) is 54.6 Å². The van der Waals surface area contributed by atoms with Crippen LogP contribution in [-0.2, 0) is 4.79 Å². The molecule has 0 spiro atoms. The molecule has 1 aromatic heterocycles. The SMILES string of the molecule is Cc1onc(-c2c(F)cccc2Cl)c1C(=O)N[C@H]1CCCC[C@H]1CCC(=O)O. The highest BCUT2D eigenvalue weighted by Gasteiger charge is 2.31. The van der Waals surface area contributed by atoms with Crippen LogP contribution in [0.25, 0.3) is 11.3 Å². The molecule has 8 heteroatoms. The molecule has 0 unspecified atom stereocenters. The summed E-state index contributed by atoms with van der Waals surface area (Å²) in [6.45, 7) is 1.59. The molecule has 0 aliphatic heterocycles. The van der Waals surface area contributed by atoms with E-state index in [4.69, 9.17) is 21.2 Å². The van der Waals surface area contributed by atoms with Crippen LogP contribution in [0, 0.1) is 18.7 Å². The molecule has 1 aliphatic rings. The number of carboxylic acids is 1. The van der Waals surface area contributed by atoms with Crippen molar-refractivity contribution in [2.45, 2.75) is 51.5 Å². The predicted octanol–water partition coefficient (Wildman–Crippen LogP) is 4.60. The van der Waals surface area contributed by atoms with Gasteiger partial charge in [-0.15, -0.1) is 0 Å². The Balaban J connectivity index is 1.85. The lowest BCUT2D eigenvalue weighted by Gasteiger charge is -2.32. The third-order valence-electron chi connectivity index (χ3n) is 5.24. The Morgan fingerprint density at radius 3 is 2.82 bits per heavy atom. The van der Waals surface area contributed by atoms with Gasteiger partial charge in [-0.25, -0.2) is 4.39 Å². The number of rotatable bonds is 6. The number of aliphatic carboxylic acids is 1. The van der Waals surface area contributed by atoms with Crippen LogP contribution in [0.5, 0.6) is 0 Å². The molecule has 0 bridgehead atoms. The zero-order valence-corrected chi connectivity index (χ0v) is 16.3. The van der Waals surface area contributed by atoms with Gasteiger partial charge < -0.3 is 14.9 Å². The fourth-order valence-electron chi connectivity index (χ4n) is 3.83. The maximum Gasteiger partial charge on any atom is 0.303 e. The van der Waals surface area contributed by atoms with E-state index in [0.717, 1.165) is 25.7 Å². The topological polar surface area (TPSA) is 92.4 Å². The van der Waals surface area contributed by atoms with E-state index in [2.05, 4.69) is 10.5 Å². The van der Waals surface area contributed by atoms with Crippen molar-refractivity contribution in [1.29, 1.82) is 0 Å². The Morgan fingerprint density at radius 2 is 2.11 bits per heavy atom. The molecule has 1 heterocycles. The Morgan fingerprint density at radius 1 is 1.36 bits per heavy atom. The summed E-state index contributed by atoms with van der Waals surface area (Å²) in [6, 6.07) is 4.10. The average molecular weight is 409 g/mol. The largest absolute Gasteiger partial charge is 0.481 e. The van der Waals surface area contributed by atoms with Gasteiger partial charge in [0.05, 0.1) is 10.6 Å². The van der Waals surface area contributed by atoms with Gasteiger partial charge in [0, 0.05) is 12.5 Å². The first kappa shape index (κ1) is 20.3. The number of carbonyl (C=O) groups excluding carboxylic acids is 1. The van der Waals surface area contributed by atoms with Crippen molar-refractivity contribution in [1.82, 2.24) is 10.5 Å². The molecule has 2 atom stereocenters. The van der Waals surface area contributed by atoms with E-state index in [1.165, 1.54) is 18.2 Å². The second-order valence-electron chi connectivity index (χ2n) is 7.12. The number of aromatic nitrogens is 1. The number of hydrogen-bond acceptors (Lipinski definition) is 4. The minimum atomic E-state index is -0.845. The van der Waals surface area contributed by atoms with E-state index in [1.807, 2.05) is 0 Å². The lowest BCUT2D eigenvalue weighted by atomic mass is 9.81. The number of hydrogen-bond donors (Lipinski definition) is 2. The Labute approximate surface area is 167 Å². The van der Waals surface area contributed by atoms with Gasteiger partial charge in [0.1, 0.15) is 22.8 Å². The molecule has 2 aromatic rings. The number of aryl methyl sites for hydroxylation is 1. The first-order valence-corrected chi connectivity index (χ1v) is 9.69. The molecule has 2 N–H and O–H groups in total. The van der Waals surface area contributed by atoms with Gasteiger partial charge >= 0.3 is 5.97 Å². The quantitative estimate of drug-likeness (QED) is 0.728. The summed E-state index contributed by atoms with van der Waals surface area (Å²) in [6.07, 6.45) is 4.19. The predicted molar refractivity (Wildman–Crippen MR) is 102 cm³/mol. The Bertz CT molecular complexity index is 863. The highest BCUT2D eigenvalue weighted by Crippen LogP contribution is 2.34. The first-order chi connectivity index (χ1) is 13.4. The molecule has 1 saturated carbocycles. The Kier molecular flexibility index (Phi) is 6.34. The average Bonchev–Trinajstić information content (AvgIpc) is 3.02. The molecule has 150 valence electrons. The molecular weight excluding hydrogens is 387 g/mol. The number of nitrogens with one attached hydrogen (secondary N) is 1. The van der Waals surface area contributed by atoms with E-state index in [9.17, 15) is 14.0 Å². The number of carboxylic acid groups (broad SMARTS) is 1. The molecule has 1 amide bonds. The van der Waals surface area contributed by atoms with Gasteiger partial charge in [-0.2, -0.15) is 0 Å². The molecule has 1 aliphatic carbocycles. The van der Waals surface area contributed by atoms with Crippen LogP contribution >= 0.6 is 11.6 Å². The van der Waals surface area contributed by atoms with E-state index < -0.39 is 17.7 Å². The summed E-state index contributed by atoms with van der Waals surface area (Å²) in [7, 11) is 0. The van der Waals surface area contributed by atoms with Crippen molar-refractivity contribution in [3.05, 3.63) is 40.4 Å². The van der Waals surface area contributed by atoms with E-state index in [-0.39, 0.29) is 46.0 Å². The summed E-state index contributed by atoms with van der Waals surface area (Å²) in [5.41, 5.74) is 0.239. The summed E-state index contributed by atoms with van der Waals surface area (Å²) < 4.78 is 19.5. The first-order valence-electron chi connectivity index (χ1n) is 9.31. The fourth-order valence-corrected chi connectivity index (χ4v) is 4.08. The number of nitrogens with zero attached hydrogens (tertiary/aromatic N) is 1. The standard InChI is InChI=1S/C20H22ClFN2O4/c1-11-17(19(24-28-11)18-13(21)6-4-7-14(18)22)20(27)23-15-8-3-2-5-12(15)9-10-16(25)26/h4,6-7,12,15H,2-3,5,8-10H2,1H3,(H,23,27)(H,25,26)/t12-,15-/m0/s1. The molecule has 3 rings (SSSR count). The summed E-state index contributed by atoms with van der Waals surface area (Å²) >= 11 is 6.13. The number of halogens is 2. The third-order valence-corrected chi connectivity index (χ3v) is 5.56. The van der Waals surface area contributed by atoms with Crippen LogP contribution < -0.4 is 5.32 Å². The number of carbonyl (C=O) groups is 2. The minimum Gasteiger partial charge on any atom is -0.481 e. The normalized spacial score (nSPS) is 19.4. The maximum atomic E-state index is 14.3. The molecule has 28 heavy (non-hydrogen) atoms. The molecule has 6 nitrogen and oxygen atoms in total. The van der Waals surface area contributed by atoms with Crippen molar-refractivity contribution in [3.63, 3.8) is 0 Å². The smallest absolute Gasteiger partial charge is 0.303 e. The van der Waals surface area contributed by atoms with Gasteiger partial charge in [-0.05, 0) is 44.2 Å². The van der Waals surface area contributed by atoms with Crippen LogP contribution in [0.15, 0.2) is 22.7 Å². The summed E-state index contributed by atoms with van der Waals surface area (Å²) in [5.74, 6) is -1.49. The second kappa shape index (κ2) is 8.73. The van der Waals surface area contributed by atoms with Crippen molar-refractivity contribution < 1.29 is 23.6 Å². The lowest BCUT2D eigenvalue weighted by Crippen LogP contribution is -2.42. The van der Waals surface area contributed by atoms with Crippen LogP contribution in [0.2, 0.25) is 5.02 Å². The van der Waals surface area contributed by atoms with Crippen molar-refractivity contribution in [2.75, 3.05) is 0 Å². The molecule has 1 fully saturated rings. The molecule has 0 saturated heterocycles. The van der Waals surface area contributed by atoms with Gasteiger partial charge in [0.15, 0.2) is 0 Å². The number of amides is 1. The zero-order chi connectivity index (χ0) is 20.3. The van der Waals surface area contributed by atoms with Gasteiger partial charge in [0.25, 0.3) is 5.91 Å². The van der Waals surface area contributed by atoms with E-state index >= 15 is 0 Å². The minimum absolute atomic E-state index is 0.0252. The fraction of sp³-hybridized carbons (Fsp3) is 0.450. The lowest BCUT2D eigenvalue weighted by molar-refractivity contribution is -0.137. The number of benzene rings is 1. The van der Waals surface area contributed by atoms with Crippen LogP contribution in [-0.4, -0.2) is 28.2 Å². The van der Waals surface area contributed by atoms with Gasteiger partial charge in [-0.1, -0.05) is 35.7 Å². The van der Waals surface area contributed by atoms with Crippen molar-refractivity contribution >= 4 is 23.5 Å². The summed E-state index contributed by atoms with van der Waals surface area (Å²) in [4.78, 5) is 23.9. The monoisotopic (exact) mass is 408 g/mol. The Hall–Kier alpha value is -2.41. The van der Waals surface area contributed by atoms with Crippen molar-refractivity contribution in [2.24, 2.45) is 5.92 Å². The van der Waals surface area contributed by atoms with Crippen LogP contribution in [0.3, 0.4) is 0 Å². The molecular formula is C20H22ClFN2O4. The van der Waals surface area contributed by atoms with Crippen LogP contribution in [0.4, 0.5) is 4.39 Å². The van der Waals surface area contributed by atoms with Crippen molar-refractivity contribution in [3.8, 4) is 11.3 Å². The highest BCUT2D eigenvalue weighted by atomic mass is 35.5. The third kappa shape index (κ3) is 4.35. The highest BCUT2D eigenvalue weighted by molar-refractivity contribution is 6.33. The van der Waals surface area contributed by atoms with Gasteiger partial charge in [0.2, 0.25) is 0 Å². The van der Waals surface area contributed by atoms with Gasteiger partial charge in [-0.3, -0.25) is 9.59 Å². The zero-order valence-electron chi connectivity index (χ0n) is 15.5.